The van der Waals surface area contributed by atoms with Gasteiger partial charge in [-0.05, 0) is 62.1 Å². The largest absolute Gasteiger partial charge is 0.347 e. The van der Waals surface area contributed by atoms with E-state index >= 15 is 0 Å². The van der Waals surface area contributed by atoms with Gasteiger partial charge in [-0.25, -0.2) is 0 Å². The lowest BCUT2D eigenvalue weighted by Crippen LogP contribution is -2.58. The fraction of sp³-hybridized carbons (Fsp3) is 0.633. The molecule has 0 aromatic heterocycles. The number of Topliss-reactive ketones (excluding diaryl/α,β-unsaturated/α-hetero) is 1. The zero-order chi connectivity index (χ0) is 30.8. The topological polar surface area (TPSA) is 159 Å². The predicted molar refractivity (Wildman–Crippen MR) is 164 cm³/mol. The Labute approximate surface area is 249 Å². The molecule has 0 aliphatic rings. The van der Waals surface area contributed by atoms with Gasteiger partial charge < -0.3 is 27.0 Å². The number of rotatable bonds is 21. The summed E-state index contributed by atoms with van der Waals surface area (Å²) in [6.07, 6.45) is 5.21. The first kappa shape index (κ1) is 36.1. The molecule has 0 saturated carbocycles. The molecule has 10 nitrogen and oxygen atoms in total. The van der Waals surface area contributed by atoms with Crippen LogP contribution in [0.4, 0.5) is 0 Å². The van der Waals surface area contributed by atoms with Crippen molar-refractivity contribution < 1.29 is 24.0 Å². The maximum absolute atomic E-state index is 13.6. The number of hydrogen-bond acceptors (Lipinski definition) is 7. The number of amides is 4. The van der Waals surface area contributed by atoms with Crippen molar-refractivity contribution in [3.63, 3.8) is 0 Å². The van der Waals surface area contributed by atoms with E-state index in [0.29, 0.717) is 44.4 Å². The number of benzene rings is 1. The van der Waals surface area contributed by atoms with Crippen LogP contribution < -0.4 is 27.0 Å². The van der Waals surface area contributed by atoms with Gasteiger partial charge in [-0.1, -0.05) is 58.0 Å². The van der Waals surface area contributed by atoms with Gasteiger partial charge >= 0.3 is 0 Å². The van der Waals surface area contributed by atoms with Gasteiger partial charge in [0.2, 0.25) is 24.1 Å². The van der Waals surface area contributed by atoms with E-state index in [0.717, 1.165) is 12.0 Å². The Morgan fingerprint density at radius 2 is 1.41 bits per heavy atom. The van der Waals surface area contributed by atoms with Crippen LogP contribution in [0.25, 0.3) is 0 Å². The van der Waals surface area contributed by atoms with Crippen LogP contribution >= 0.6 is 11.8 Å². The van der Waals surface area contributed by atoms with Crippen LogP contribution in [0.3, 0.4) is 0 Å². The van der Waals surface area contributed by atoms with Gasteiger partial charge in [0.1, 0.15) is 18.1 Å². The molecule has 6 N–H and O–H groups in total. The van der Waals surface area contributed by atoms with E-state index in [1.807, 2.05) is 50.4 Å². The van der Waals surface area contributed by atoms with Crippen LogP contribution in [0.15, 0.2) is 30.3 Å². The highest BCUT2D eigenvalue weighted by Crippen LogP contribution is 2.12. The predicted octanol–water partition coefficient (Wildman–Crippen LogP) is 1.95. The van der Waals surface area contributed by atoms with Crippen molar-refractivity contribution in [3.05, 3.63) is 35.9 Å². The second-order valence-corrected chi connectivity index (χ2v) is 11.9. The van der Waals surface area contributed by atoms with Crippen molar-refractivity contribution in [1.82, 2.24) is 21.3 Å². The minimum absolute atomic E-state index is 0.0618. The molecule has 4 amide bonds. The second kappa shape index (κ2) is 20.0. The quantitative estimate of drug-likeness (QED) is 0.108. The van der Waals surface area contributed by atoms with Crippen molar-refractivity contribution in [2.24, 2.45) is 17.6 Å². The minimum atomic E-state index is -0.978. The Kier molecular flexibility index (Phi) is 17.6. The molecular formula is C30H49N5O5S. The van der Waals surface area contributed by atoms with E-state index in [1.165, 1.54) is 0 Å². The molecule has 11 heteroatoms. The smallest absolute Gasteiger partial charge is 0.243 e. The van der Waals surface area contributed by atoms with Crippen molar-refractivity contribution in [2.45, 2.75) is 90.4 Å². The fourth-order valence-corrected chi connectivity index (χ4v) is 4.84. The Morgan fingerprint density at radius 1 is 0.829 bits per heavy atom. The van der Waals surface area contributed by atoms with Crippen LogP contribution in [-0.2, 0) is 30.4 Å². The third-order valence-corrected chi connectivity index (χ3v) is 7.27. The monoisotopic (exact) mass is 591 g/mol. The van der Waals surface area contributed by atoms with E-state index in [1.54, 1.807) is 25.6 Å². The zero-order valence-corrected chi connectivity index (χ0v) is 25.9. The van der Waals surface area contributed by atoms with Gasteiger partial charge in [0, 0.05) is 12.3 Å². The Hall–Kier alpha value is -2.92. The molecule has 0 saturated heterocycles. The molecule has 0 heterocycles. The summed E-state index contributed by atoms with van der Waals surface area (Å²) < 4.78 is 0. The Bertz CT molecular complexity index is 960. The number of carbonyl (C=O) groups is 5. The number of ketones is 1. The van der Waals surface area contributed by atoms with Gasteiger partial charge in [-0.2, -0.15) is 11.8 Å². The van der Waals surface area contributed by atoms with Crippen LogP contribution in [0.1, 0.15) is 65.4 Å². The van der Waals surface area contributed by atoms with Crippen molar-refractivity contribution in [1.29, 1.82) is 0 Å². The summed E-state index contributed by atoms with van der Waals surface area (Å²) in [5, 5.41) is 11.0. The van der Waals surface area contributed by atoms with Crippen LogP contribution in [0.5, 0.6) is 0 Å². The molecule has 1 rings (SSSR count). The molecule has 230 valence electrons. The maximum Gasteiger partial charge on any atom is 0.243 e. The average Bonchev–Trinajstić information content (AvgIpc) is 2.93. The summed E-state index contributed by atoms with van der Waals surface area (Å²) in [6.45, 7) is 7.93. The standard InChI is InChI=1S/C30H49N5O5S/c1-20(2)17-25(34-28(38)24(32-19-36)14-16-41-5)29(39)35-26(18-22-11-7-6-8-12-22)30(40)33-23(13-9-10-15-31)27(37)21(3)4/h6-8,11-12,19-21,23-26H,9-10,13-18,31H2,1-5H3,(H,32,36)(H,33,40)(H,34,38)(H,35,39). The molecule has 0 bridgehead atoms. The first-order valence-electron chi connectivity index (χ1n) is 14.4. The molecule has 41 heavy (non-hydrogen) atoms. The highest BCUT2D eigenvalue weighted by atomic mass is 32.2. The summed E-state index contributed by atoms with van der Waals surface area (Å²) in [5.41, 5.74) is 6.46. The van der Waals surface area contributed by atoms with E-state index in [4.69, 9.17) is 5.73 Å². The third kappa shape index (κ3) is 14.0. The van der Waals surface area contributed by atoms with E-state index in [9.17, 15) is 24.0 Å². The SMILES string of the molecule is CSCCC(NC=O)C(=O)NC(CC(C)C)C(=O)NC(Cc1ccccc1)C(=O)NC(CCCCN)C(=O)C(C)C. The molecule has 0 fully saturated rings. The molecular weight excluding hydrogens is 542 g/mol. The lowest BCUT2D eigenvalue weighted by molar-refractivity contribution is -0.134. The van der Waals surface area contributed by atoms with Crippen LogP contribution in [0, 0.1) is 11.8 Å². The third-order valence-electron chi connectivity index (χ3n) is 6.63. The molecule has 0 spiro atoms. The van der Waals surface area contributed by atoms with Crippen molar-refractivity contribution in [2.75, 3.05) is 18.6 Å². The first-order valence-corrected chi connectivity index (χ1v) is 15.8. The van der Waals surface area contributed by atoms with E-state index in [-0.39, 0.29) is 24.0 Å². The number of carbonyl (C=O) groups excluding carboxylic acids is 5. The number of hydrogen-bond donors (Lipinski definition) is 5. The normalized spacial score (nSPS) is 14.0. The van der Waals surface area contributed by atoms with Gasteiger partial charge in [0.25, 0.3) is 0 Å². The van der Waals surface area contributed by atoms with Gasteiger partial charge in [-0.3, -0.25) is 24.0 Å². The summed E-state index contributed by atoms with van der Waals surface area (Å²) in [7, 11) is 0. The van der Waals surface area contributed by atoms with Gasteiger partial charge in [-0.15, -0.1) is 0 Å². The zero-order valence-electron chi connectivity index (χ0n) is 25.1. The molecule has 4 unspecified atom stereocenters. The minimum Gasteiger partial charge on any atom is -0.347 e. The Balaban J connectivity index is 3.20. The molecule has 1 aromatic rings. The summed E-state index contributed by atoms with van der Waals surface area (Å²) in [5.74, 6) is -1.07. The van der Waals surface area contributed by atoms with Crippen LogP contribution in [0.2, 0.25) is 0 Å². The van der Waals surface area contributed by atoms with E-state index < -0.39 is 41.9 Å². The first-order chi connectivity index (χ1) is 19.5. The van der Waals surface area contributed by atoms with Gasteiger partial charge in [0.15, 0.2) is 5.78 Å². The van der Waals surface area contributed by atoms with E-state index in [2.05, 4.69) is 21.3 Å². The number of nitrogens with two attached hydrogens (primary N) is 1. The molecule has 0 aliphatic heterocycles. The van der Waals surface area contributed by atoms with Crippen molar-refractivity contribution in [3.8, 4) is 0 Å². The molecule has 0 aliphatic carbocycles. The number of thioether (sulfide) groups is 1. The lowest BCUT2D eigenvalue weighted by atomic mass is 9.96. The van der Waals surface area contributed by atoms with Crippen molar-refractivity contribution >= 4 is 41.7 Å². The van der Waals surface area contributed by atoms with Gasteiger partial charge in [0.05, 0.1) is 6.04 Å². The molecule has 4 atom stereocenters. The summed E-state index contributed by atoms with van der Waals surface area (Å²) in [4.78, 5) is 64.2. The highest BCUT2D eigenvalue weighted by molar-refractivity contribution is 7.98. The molecule has 0 radical (unpaired) electrons. The highest BCUT2D eigenvalue weighted by Gasteiger charge is 2.31. The number of unbranched alkanes of at least 4 members (excludes halogenated alkanes) is 1. The summed E-state index contributed by atoms with van der Waals surface area (Å²) in [6, 6.07) is 5.91. The maximum atomic E-state index is 13.6. The Morgan fingerprint density at radius 3 is 1.98 bits per heavy atom. The molecule has 1 aromatic carbocycles. The lowest BCUT2D eigenvalue weighted by Gasteiger charge is -2.27. The second-order valence-electron chi connectivity index (χ2n) is 11.0. The van der Waals surface area contributed by atoms with Crippen LogP contribution in [-0.4, -0.2) is 72.6 Å². The summed E-state index contributed by atoms with van der Waals surface area (Å²) >= 11 is 1.55. The average molecular weight is 592 g/mol. The number of nitrogens with one attached hydrogen (secondary N) is 4. The fourth-order valence-electron chi connectivity index (χ4n) is 4.37.